The number of rotatable bonds is 5. The first-order chi connectivity index (χ1) is 15.4. The smallest absolute Gasteiger partial charge is 0.0963 e. The van der Waals surface area contributed by atoms with Gasteiger partial charge in [-0.3, -0.25) is 0 Å². The van der Waals surface area contributed by atoms with Crippen molar-refractivity contribution in [3.63, 3.8) is 0 Å². The summed E-state index contributed by atoms with van der Waals surface area (Å²) in [7, 11) is 0. The molecule has 0 saturated carbocycles. The predicted molar refractivity (Wildman–Crippen MR) is 140 cm³/mol. The summed E-state index contributed by atoms with van der Waals surface area (Å²) < 4.78 is -0.0328. The van der Waals surface area contributed by atoms with E-state index in [4.69, 9.17) is 0 Å². The highest BCUT2D eigenvalue weighted by atomic mass is 32.2. The molecule has 0 amide bonds. The van der Waals surface area contributed by atoms with Gasteiger partial charge in [-0.15, -0.1) is 23.5 Å². The Morgan fingerprint density at radius 1 is 0.677 bits per heavy atom. The summed E-state index contributed by atoms with van der Waals surface area (Å²) in [6.07, 6.45) is 6.01. The second kappa shape index (κ2) is 9.38. The summed E-state index contributed by atoms with van der Waals surface area (Å²) >= 11 is 4.24. The van der Waals surface area contributed by atoms with Gasteiger partial charge in [-0.2, -0.15) is 0 Å². The molecule has 0 unspecified atom stereocenters. The predicted octanol–water partition coefficient (Wildman–Crippen LogP) is 8.36. The molecule has 0 bridgehead atoms. The second-order valence-corrected chi connectivity index (χ2v) is 10.9. The Labute approximate surface area is 193 Å². The normalized spacial score (nSPS) is 17.0. The maximum Gasteiger partial charge on any atom is 0.0963 e. The minimum atomic E-state index is -0.0328. The topological polar surface area (TPSA) is 0 Å². The van der Waals surface area contributed by atoms with Crippen molar-refractivity contribution in [2.24, 2.45) is 0 Å². The molecule has 0 spiro atoms. The van der Waals surface area contributed by atoms with Crippen LogP contribution in [0.2, 0.25) is 0 Å². The molecule has 4 aromatic rings. The molecule has 1 aliphatic rings. The lowest BCUT2D eigenvalue weighted by molar-refractivity contribution is 0.753. The molecule has 1 aliphatic heterocycles. The third kappa shape index (κ3) is 4.33. The Hall–Kier alpha value is -2.42. The zero-order chi connectivity index (χ0) is 20.9. The molecular weight excluding hydrogens is 412 g/mol. The molecule has 4 aromatic carbocycles. The zero-order valence-electron chi connectivity index (χ0n) is 17.5. The van der Waals surface area contributed by atoms with Crippen LogP contribution in [0.15, 0.2) is 109 Å². The van der Waals surface area contributed by atoms with Gasteiger partial charge >= 0.3 is 0 Å². The van der Waals surface area contributed by atoms with Gasteiger partial charge < -0.3 is 0 Å². The van der Waals surface area contributed by atoms with E-state index >= 15 is 0 Å². The quantitative estimate of drug-likeness (QED) is 0.307. The largest absolute Gasteiger partial charge is 0.138 e. The molecule has 0 aromatic heterocycles. The van der Waals surface area contributed by atoms with Crippen LogP contribution in [0.25, 0.3) is 16.8 Å². The van der Waals surface area contributed by atoms with E-state index in [-0.39, 0.29) is 10.00 Å². The summed E-state index contributed by atoms with van der Waals surface area (Å²) in [5.41, 5.74) is 4.06. The van der Waals surface area contributed by atoms with Gasteiger partial charge in [0.15, 0.2) is 0 Å². The van der Waals surface area contributed by atoms with E-state index in [0.717, 1.165) is 0 Å². The highest BCUT2D eigenvalue weighted by molar-refractivity contribution is 8.18. The van der Waals surface area contributed by atoms with Crippen molar-refractivity contribution in [3.05, 3.63) is 126 Å². The molecule has 154 valence electrons. The van der Waals surface area contributed by atoms with Crippen molar-refractivity contribution in [1.82, 2.24) is 0 Å². The van der Waals surface area contributed by atoms with Crippen LogP contribution in [0, 0.1) is 0 Å². The van der Waals surface area contributed by atoms with Gasteiger partial charge in [-0.25, -0.2) is 0 Å². The third-order valence-corrected chi connectivity index (χ3v) is 9.45. The number of benzene rings is 4. The molecule has 1 saturated heterocycles. The highest BCUT2D eigenvalue weighted by Crippen LogP contribution is 2.59. The van der Waals surface area contributed by atoms with Gasteiger partial charge in [0, 0.05) is 5.92 Å². The molecular formula is C29H26S2. The number of thioether (sulfide) groups is 2. The van der Waals surface area contributed by atoms with Gasteiger partial charge in [0.1, 0.15) is 0 Å². The lowest BCUT2D eigenvalue weighted by Crippen LogP contribution is -2.29. The van der Waals surface area contributed by atoms with Crippen LogP contribution < -0.4 is 0 Å². The van der Waals surface area contributed by atoms with E-state index in [9.17, 15) is 0 Å². The molecule has 1 atom stereocenters. The maximum absolute atomic E-state index is 2.44. The van der Waals surface area contributed by atoms with Crippen LogP contribution in [0.4, 0.5) is 0 Å². The number of hydrogen-bond acceptors (Lipinski definition) is 2. The van der Waals surface area contributed by atoms with Crippen molar-refractivity contribution in [2.75, 3.05) is 11.5 Å². The van der Waals surface area contributed by atoms with Crippen LogP contribution in [0.3, 0.4) is 0 Å². The van der Waals surface area contributed by atoms with Crippen molar-refractivity contribution in [1.29, 1.82) is 0 Å². The van der Waals surface area contributed by atoms with Crippen molar-refractivity contribution >= 4 is 40.4 Å². The molecule has 2 heteroatoms. The van der Waals surface area contributed by atoms with Gasteiger partial charge in [-0.05, 0) is 51.5 Å². The monoisotopic (exact) mass is 438 g/mol. The Morgan fingerprint density at radius 3 is 2.06 bits per heavy atom. The SMILES string of the molecule is C(=C\[C@@H](c1ccccc1)C1(c2ccc3ccccc3c2)SCCCS1)/c1ccccc1. The van der Waals surface area contributed by atoms with Crippen LogP contribution >= 0.6 is 23.5 Å². The third-order valence-electron chi connectivity index (χ3n) is 5.92. The lowest BCUT2D eigenvalue weighted by atomic mass is 9.89. The zero-order valence-corrected chi connectivity index (χ0v) is 19.1. The number of fused-ring (bicyclic) bond motifs is 1. The van der Waals surface area contributed by atoms with Gasteiger partial charge in [0.05, 0.1) is 4.08 Å². The summed E-state index contributed by atoms with van der Waals surface area (Å²) in [5.74, 6) is 2.68. The van der Waals surface area contributed by atoms with Crippen LogP contribution in [0.5, 0.6) is 0 Å². The van der Waals surface area contributed by atoms with E-state index in [0.29, 0.717) is 0 Å². The van der Waals surface area contributed by atoms with Gasteiger partial charge in [0.2, 0.25) is 0 Å². The van der Waals surface area contributed by atoms with Crippen LogP contribution in [-0.2, 0) is 4.08 Å². The van der Waals surface area contributed by atoms with E-state index in [1.54, 1.807) is 0 Å². The summed E-state index contributed by atoms with van der Waals surface area (Å²) in [6, 6.07) is 37.5. The average molecular weight is 439 g/mol. The van der Waals surface area contributed by atoms with E-state index in [1.165, 1.54) is 45.4 Å². The molecule has 0 aliphatic carbocycles. The number of hydrogen-bond donors (Lipinski definition) is 0. The fourth-order valence-corrected chi connectivity index (χ4v) is 7.94. The lowest BCUT2D eigenvalue weighted by Gasteiger charge is -2.42. The Kier molecular flexibility index (Phi) is 6.20. The average Bonchev–Trinajstić information content (AvgIpc) is 2.86. The molecule has 0 radical (unpaired) electrons. The van der Waals surface area contributed by atoms with Crippen LogP contribution in [-0.4, -0.2) is 11.5 Å². The fraction of sp³-hybridized carbons (Fsp3) is 0.172. The first-order valence-electron chi connectivity index (χ1n) is 10.9. The molecule has 0 nitrogen and oxygen atoms in total. The van der Waals surface area contributed by atoms with Crippen LogP contribution in [0.1, 0.15) is 29.0 Å². The van der Waals surface area contributed by atoms with E-state index < -0.39 is 0 Å². The minimum absolute atomic E-state index is 0.0328. The van der Waals surface area contributed by atoms with E-state index in [2.05, 4.69) is 139 Å². The van der Waals surface area contributed by atoms with Gasteiger partial charge in [0.25, 0.3) is 0 Å². The summed E-state index contributed by atoms with van der Waals surface area (Å²) in [4.78, 5) is 0. The molecule has 5 rings (SSSR count). The maximum atomic E-state index is 2.44. The standard InChI is InChI=1S/C29H26S2/c1-3-10-23(11-4-1)16-19-28(25-13-5-2-6-14-25)29(30-20-9-21-31-29)27-18-17-24-12-7-8-15-26(24)22-27/h1-8,10-19,22,28H,9,20-21H2/b19-16+/t28-/m0/s1. The second-order valence-electron chi connectivity index (χ2n) is 7.94. The van der Waals surface area contributed by atoms with Crippen molar-refractivity contribution in [3.8, 4) is 0 Å². The molecule has 1 fully saturated rings. The molecule has 0 N–H and O–H groups in total. The Morgan fingerprint density at radius 2 is 1.32 bits per heavy atom. The highest BCUT2D eigenvalue weighted by Gasteiger charge is 2.42. The Bertz CT molecular complexity index is 1160. The first kappa shape index (κ1) is 20.5. The van der Waals surface area contributed by atoms with Gasteiger partial charge in [-0.1, -0.05) is 109 Å². The summed E-state index contributed by atoms with van der Waals surface area (Å²) in [5, 5.41) is 2.63. The van der Waals surface area contributed by atoms with Crippen molar-refractivity contribution in [2.45, 2.75) is 16.4 Å². The molecule has 1 heterocycles. The van der Waals surface area contributed by atoms with E-state index in [1.807, 2.05) is 0 Å². The number of allylic oxidation sites excluding steroid dienone is 1. The summed E-state index contributed by atoms with van der Waals surface area (Å²) in [6.45, 7) is 0. The minimum Gasteiger partial charge on any atom is -0.138 e. The molecule has 31 heavy (non-hydrogen) atoms. The fourth-order valence-electron chi connectivity index (χ4n) is 4.37. The Balaban J connectivity index is 1.65. The first-order valence-corrected chi connectivity index (χ1v) is 12.9. The van der Waals surface area contributed by atoms with Crippen molar-refractivity contribution < 1.29 is 0 Å².